The first-order chi connectivity index (χ1) is 10.7. The van der Waals surface area contributed by atoms with Crippen molar-refractivity contribution in [3.05, 3.63) is 29.3 Å². The third-order valence-corrected chi connectivity index (χ3v) is 4.78. The highest BCUT2D eigenvalue weighted by Crippen LogP contribution is 2.39. The van der Waals surface area contributed by atoms with Gasteiger partial charge < -0.3 is 4.74 Å². The molecule has 0 heterocycles. The van der Waals surface area contributed by atoms with E-state index in [4.69, 9.17) is 4.74 Å². The maximum Gasteiger partial charge on any atom is 0.190 e. The van der Waals surface area contributed by atoms with Crippen LogP contribution in [0.25, 0.3) is 0 Å². The first-order valence-corrected chi connectivity index (χ1v) is 8.77. The second-order valence-corrected chi connectivity index (χ2v) is 6.52. The summed E-state index contributed by atoms with van der Waals surface area (Å²) in [5.74, 6) is -0.227. The quantitative estimate of drug-likeness (QED) is 0.543. The predicted octanol–water partition coefficient (Wildman–Crippen LogP) is 6.22. The van der Waals surface area contributed by atoms with Crippen molar-refractivity contribution >= 4 is 0 Å². The summed E-state index contributed by atoms with van der Waals surface area (Å²) < 4.78 is 33.5. The molecule has 0 amide bonds. The van der Waals surface area contributed by atoms with Crippen LogP contribution in [0.5, 0.6) is 5.75 Å². The molecule has 0 saturated heterocycles. The molecule has 0 spiro atoms. The van der Waals surface area contributed by atoms with Crippen LogP contribution in [0.1, 0.15) is 76.7 Å². The Morgan fingerprint density at radius 1 is 1.00 bits per heavy atom. The molecule has 1 fully saturated rings. The fourth-order valence-corrected chi connectivity index (χ4v) is 3.46. The Morgan fingerprint density at radius 2 is 1.64 bits per heavy atom. The standard InChI is InChI=1S/C19H28F2O/c1-3-5-11-22-19-17(20)12-16(13-18(19)21)15-9-7-14(6-4-2)8-10-15/h12-15H,3-11H2,1-2H3. The summed E-state index contributed by atoms with van der Waals surface area (Å²) in [6, 6.07) is 2.96. The number of unbranched alkanes of at least 4 members (excludes halogenated alkanes) is 1. The Kier molecular flexibility index (Phi) is 6.66. The molecular formula is C19H28F2O. The molecule has 1 nitrogen and oxygen atoms in total. The topological polar surface area (TPSA) is 9.23 Å². The lowest BCUT2D eigenvalue weighted by molar-refractivity contribution is 0.276. The summed E-state index contributed by atoms with van der Waals surface area (Å²) in [6.07, 6.45) is 8.69. The van der Waals surface area contributed by atoms with E-state index in [-0.39, 0.29) is 5.75 Å². The fraction of sp³-hybridized carbons (Fsp3) is 0.684. The van der Waals surface area contributed by atoms with Gasteiger partial charge in [-0.3, -0.25) is 0 Å². The SMILES string of the molecule is CCCCOc1c(F)cc(C2CCC(CCC)CC2)cc1F. The minimum absolute atomic E-state index is 0.211. The van der Waals surface area contributed by atoms with Gasteiger partial charge in [0.05, 0.1) is 6.61 Å². The summed E-state index contributed by atoms with van der Waals surface area (Å²) >= 11 is 0. The molecule has 1 aliphatic rings. The molecule has 0 atom stereocenters. The van der Waals surface area contributed by atoms with Crippen LogP contribution in [0.4, 0.5) is 8.78 Å². The Labute approximate surface area is 133 Å². The Bertz CT molecular complexity index is 441. The van der Waals surface area contributed by atoms with Crippen LogP contribution in [0.3, 0.4) is 0 Å². The molecule has 0 aromatic heterocycles. The maximum atomic E-state index is 14.1. The summed E-state index contributed by atoms with van der Waals surface area (Å²) in [5.41, 5.74) is 0.799. The van der Waals surface area contributed by atoms with Gasteiger partial charge in [0.25, 0.3) is 0 Å². The van der Waals surface area contributed by atoms with Crippen LogP contribution >= 0.6 is 0 Å². The van der Waals surface area contributed by atoms with Gasteiger partial charge in [0.2, 0.25) is 0 Å². The minimum Gasteiger partial charge on any atom is -0.488 e. The molecule has 0 bridgehead atoms. The van der Waals surface area contributed by atoms with E-state index in [9.17, 15) is 8.78 Å². The van der Waals surface area contributed by atoms with Gasteiger partial charge >= 0.3 is 0 Å². The molecule has 0 unspecified atom stereocenters. The highest BCUT2D eigenvalue weighted by molar-refractivity contribution is 5.33. The molecule has 0 aliphatic heterocycles. The van der Waals surface area contributed by atoms with Gasteiger partial charge in [-0.1, -0.05) is 33.1 Å². The van der Waals surface area contributed by atoms with Crippen molar-refractivity contribution in [1.82, 2.24) is 0 Å². The van der Waals surface area contributed by atoms with Crippen LogP contribution in [-0.4, -0.2) is 6.61 Å². The number of hydrogen-bond acceptors (Lipinski definition) is 1. The highest BCUT2D eigenvalue weighted by Gasteiger charge is 2.24. The lowest BCUT2D eigenvalue weighted by Gasteiger charge is -2.28. The second kappa shape index (κ2) is 8.50. The van der Waals surface area contributed by atoms with E-state index in [2.05, 4.69) is 6.92 Å². The van der Waals surface area contributed by atoms with E-state index >= 15 is 0 Å². The van der Waals surface area contributed by atoms with Crippen molar-refractivity contribution in [2.45, 2.75) is 71.1 Å². The first kappa shape index (κ1) is 17.2. The second-order valence-electron chi connectivity index (χ2n) is 6.52. The lowest BCUT2D eigenvalue weighted by Crippen LogP contribution is -2.14. The van der Waals surface area contributed by atoms with Crippen LogP contribution in [0, 0.1) is 17.6 Å². The highest BCUT2D eigenvalue weighted by atomic mass is 19.1. The third kappa shape index (κ3) is 4.44. The maximum absolute atomic E-state index is 14.1. The van der Waals surface area contributed by atoms with Gasteiger partial charge in [0, 0.05) is 0 Å². The number of ether oxygens (including phenoxy) is 1. The van der Waals surface area contributed by atoms with Crippen molar-refractivity contribution in [3.63, 3.8) is 0 Å². The molecule has 0 N–H and O–H groups in total. The van der Waals surface area contributed by atoms with Crippen molar-refractivity contribution in [2.75, 3.05) is 6.61 Å². The van der Waals surface area contributed by atoms with Crippen molar-refractivity contribution in [3.8, 4) is 5.75 Å². The van der Waals surface area contributed by atoms with E-state index in [0.29, 0.717) is 12.5 Å². The zero-order chi connectivity index (χ0) is 15.9. The summed E-state index contributed by atoms with van der Waals surface area (Å²) in [6.45, 7) is 4.61. The molecule has 124 valence electrons. The molecule has 1 aromatic rings. The smallest absolute Gasteiger partial charge is 0.190 e. The number of halogens is 2. The van der Waals surface area contributed by atoms with E-state index in [1.807, 2.05) is 6.92 Å². The number of hydrogen-bond donors (Lipinski definition) is 0. The molecular weight excluding hydrogens is 282 g/mol. The molecule has 2 rings (SSSR count). The van der Waals surface area contributed by atoms with Crippen molar-refractivity contribution in [2.24, 2.45) is 5.92 Å². The Hall–Kier alpha value is -1.12. The number of benzene rings is 1. The lowest BCUT2D eigenvalue weighted by atomic mass is 9.77. The first-order valence-electron chi connectivity index (χ1n) is 8.77. The molecule has 0 radical (unpaired) electrons. The molecule has 22 heavy (non-hydrogen) atoms. The van der Waals surface area contributed by atoms with Gasteiger partial charge in [-0.2, -0.15) is 0 Å². The Balaban J connectivity index is 2.01. The average molecular weight is 310 g/mol. The summed E-state index contributed by atoms with van der Waals surface area (Å²) in [4.78, 5) is 0. The molecule has 1 saturated carbocycles. The van der Waals surface area contributed by atoms with E-state index in [1.54, 1.807) is 0 Å². The normalized spacial score (nSPS) is 21.8. The zero-order valence-electron chi connectivity index (χ0n) is 13.8. The van der Waals surface area contributed by atoms with Gasteiger partial charge in [-0.05, 0) is 61.6 Å². The molecule has 1 aromatic carbocycles. The van der Waals surface area contributed by atoms with Crippen LogP contribution in [0.2, 0.25) is 0 Å². The van der Waals surface area contributed by atoms with Gasteiger partial charge in [-0.25, -0.2) is 8.78 Å². The number of rotatable bonds is 7. The van der Waals surface area contributed by atoms with Gasteiger partial charge in [-0.15, -0.1) is 0 Å². The van der Waals surface area contributed by atoms with Crippen molar-refractivity contribution < 1.29 is 13.5 Å². The van der Waals surface area contributed by atoms with Gasteiger partial charge in [0.1, 0.15) is 0 Å². The zero-order valence-corrected chi connectivity index (χ0v) is 13.8. The molecule has 1 aliphatic carbocycles. The minimum atomic E-state index is -0.554. The summed E-state index contributed by atoms with van der Waals surface area (Å²) in [7, 11) is 0. The Morgan fingerprint density at radius 3 is 2.18 bits per heavy atom. The fourth-order valence-electron chi connectivity index (χ4n) is 3.46. The van der Waals surface area contributed by atoms with Gasteiger partial charge in [0.15, 0.2) is 17.4 Å². The van der Waals surface area contributed by atoms with E-state index in [1.165, 1.54) is 37.8 Å². The predicted molar refractivity (Wildman–Crippen MR) is 86.4 cm³/mol. The largest absolute Gasteiger partial charge is 0.488 e. The van der Waals surface area contributed by atoms with Crippen LogP contribution in [0.15, 0.2) is 12.1 Å². The van der Waals surface area contributed by atoms with E-state index in [0.717, 1.165) is 37.2 Å². The van der Waals surface area contributed by atoms with E-state index < -0.39 is 11.6 Å². The third-order valence-electron chi connectivity index (χ3n) is 4.78. The van der Waals surface area contributed by atoms with Crippen LogP contribution in [-0.2, 0) is 0 Å². The molecule has 3 heteroatoms. The van der Waals surface area contributed by atoms with Crippen molar-refractivity contribution in [1.29, 1.82) is 0 Å². The monoisotopic (exact) mass is 310 g/mol. The van der Waals surface area contributed by atoms with Crippen LogP contribution < -0.4 is 4.74 Å². The average Bonchev–Trinajstić information content (AvgIpc) is 2.51. The summed E-state index contributed by atoms with van der Waals surface area (Å²) in [5, 5.41) is 0.